The molecule has 0 saturated heterocycles. The van der Waals surface area contributed by atoms with Gasteiger partial charge in [0.1, 0.15) is 11.5 Å². The molecule has 0 atom stereocenters. The van der Waals surface area contributed by atoms with Crippen LogP contribution in [-0.4, -0.2) is 33.1 Å². The summed E-state index contributed by atoms with van der Waals surface area (Å²) in [6.07, 6.45) is 21.2. The van der Waals surface area contributed by atoms with E-state index >= 15 is 0 Å². The molecule has 2 aromatic rings. The summed E-state index contributed by atoms with van der Waals surface area (Å²) >= 11 is 0. The van der Waals surface area contributed by atoms with Crippen LogP contribution in [0.5, 0.6) is 11.5 Å². The first-order chi connectivity index (χ1) is 17.6. The second kappa shape index (κ2) is 7.71. The van der Waals surface area contributed by atoms with Crippen molar-refractivity contribution in [1.29, 1.82) is 0 Å². The maximum absolute atomic E-state index is 11.2. The molecule has 5 aliphatic rings. The van der Waals surface area contributed by atoms with Crippen LogP contribution in [0.25, 0.3) is 16.3 Å². The Kier molecular flexibility index (Phi) is 4.35. The highest BCUT2D eigenvalue weighted by molar-refractivity contribution is 6.20. The van der Waals surface area contributed by atoms with E-state index in [2.05, 4.69) is 9.98 Å². The Hall–Kier alpha value is -5.10. The summed E-state index contributed by atoms with van der Waals surface area (Å²) < 4.78 is 0. The first kappa shape index (κ1) is 20.3. The fourth-order valence-corrected chi connectivity index (χ4v) is 4.66. The lowest BCUT2D eigenvalue weighted by Gasteiger charge is -2.11. The van der Waals surface area contributed by atoms with Gasteiger partial charge in [-0.25, -0.2) is 20.0 Å². The average molecular weight is 467 g/mol. The van der Waals surface area contributed by atoms with E-state index in [1.54, 1.807) is 18.2 Å². The Morgan fingerprint density at radius 1 is 0.528 bits per heavy atom. The van der Waals surface area contributed by atoms with E-state index in [-0.39, 0.29) is 11.5 Å². The zero-order valence-electron chi connectivity index (χ0n) is 18.9. The van der Waals surface area contributed by atoms with Gasteiger partial charge in [-0.05, 0) is 72.9 Å². The third kappa shape index (κ3) is 3.44. The fourth-order valence-electron chi connectivity index (χ4n) is 4.66. The lowest BCUT2D eigenvalue weighted by molar-refractivity contribution is 0.468. The minimum absolute atomic E-state index is 0.0913. The molecule has 2 N–H and O–H groups in total. The highest BCUT2D eigenvalue weighted by Gasteiger charge is 2.22. The largest absolute Gasteiger partial charge is 0.507 e. The lowest BCUT2D eigenvalue weighted by atomic mass is 9.96. The number of benzene rings is 2. The molecule has 0 aromatic heterocycles. The summed E-state index contributed by atoms with van der Waals surface area (Å²) in [6, 6.07) is 8.82. The Morgan fingerprint density at radius 2 is 1.08 bits per heavy atom. The molecular formula is C30H18N4O2. The van der Waals surface area contributed by atoms with Crippen LogP contribution in [0.4, 0.5) is 0 Å². The molecule has 6 heteroatoms. The molecule has 0 radical (unpaired) electrons. The molecule has 7 rings (SSSR count). The number of allylic oxidation sites excluding steroid dienone is 12. The van der Waals surface area contributed by atoms with E-state index in [9.17, 15) is 10.2 Å². The number of aromatic hydroxyl groups is 2. The molecular weight excluding hydrogens is 448 g/mol. The van der Waals surface area contributed by atoms with E-state index in [1.165, 1.54) is 0 Å². The van der Waals surface area contributed by atoms with Gasteiger partial charge in [0, 0.05) is 21.9 Å². The van der Waals surface area contributed by atoms with Crippen molar-refractivity contribution in [2.45, 2.75) is 0 Å². The Morgan fingerprint density at radius 3 is 1.72 bits per heavy atom. The van der Waals surface area contributed by atoms with Crippen molar-refractivity contribution in [3.05, 3.63) is 126 Å². The fraction of sp³-hybridized carbons (Fsp3) is 0. The standard InChI is InChI=1S/C30H18N4O2/c35-29-16-27(30(36)25-4-2-1-3-24(25)29)26-14-23-13-21-8-7-19(32-21)11-17-5-6-18(31-17)12-20-9-10-22(33-20)15-28(26)34-23/h1-16,35-36H. The van der Waals surface area contributed by atoms with Gasteiger partial charge in [0.25, 0.3) is 0 Å². The molecule has 170 valence electrons. The van der Waals surface area contributed by atoms with E-state index < -0.39 is 0 Å². The first-order valence-corrected chi connectivity index (χ1v) is 11.5. The van der Waals surface area contributed by atoms with E-state index in [4.69, 9.17) is 9.98 Å². The number of hydrogen-bond acceptors (Lipinski definition) is 6. The summed E-state index contributed by atoms with van der Waals surface area (Å²) in [7, 11) is 0. The predicted octanol–water partition coefficient (Wildman–Crippen LogP) is 5.67. The van der Waals surface area contributed by atoms with Gasteiger partial charge in [0.05, 0.1) is 45.6 Å². The highest BCUT2D eigenvalue weighted by Crippen LogP contribution is 2.42. The third-order valence-corrected chi connectivity index (χ3v) is 6.32. The van der Waals surface area contributed by atoms with Crippen LogP contribution in [-0.2, 0) is 0 Å². The number of rotatable bonds is 1. The molecule has 5 aliphatic heterocycles. The molecule has 8 bridgehead atoms. The van der Waals surface area contributed by atoms with Gasteiger partial charge in [0.2, 0.25) is 0 Å². The maximum Gasteiger partial charge on any atom is 0.131 e. The average Bonchev–Trinajstić information content (AvgIpc) is 3.67. The van der Waals surface area contributed by atoms with Crippen LogP contribution in [0.3, 0.4) is 0 Å². The predicted molar refractivity (Wildman–Crippen MR) is 145 cm³/mol. The van der Waals surface area contributed by atoms with Crippen LogP contribution >= 0.6 is 0 Å². The summed E-state index contributed by atoms with van der Waals surface area (Å²) in [5, 5.41) is 23.0. The van der Waals surface area contributed by atoms with E-state index in [0.717, 1.165) is 34.2 Å². The molecule has 0 amide bonds. The molecule has 36 heavy (non-hydrogen) atoms. The van der Waals surface area contributed by atoms with Crippen molar-refractivity contribution in [3.63, 3.8) is 0 Å². The monoisotopic (exact) mass is 466 g/mol. The zero-order chi connectivity index (χ0) is 24.2. The number of phenols is 2. The normalized spacial score (nSPS) is 19.4. The molecule has 0 saturated carbocycles. The van der Waals surface area contributed by atoms with Crippen LogP contribution in [0.15, 0.2) is 140 Å². The van der Waals surface area contributed by atoms with Crippen LogP contribution < -0.4 is 0 Å². The Labute approximate surface area is 206 Å². The lowest BCUT2D eigenvalue weighted by Crippen LogP contribution is -1.92. The van der Waals surface area contributed by atoms with Crippen molar-refractivity contribution < 1.29 is 10.2 Å². The van der Waals surface area contributed by atoms with Crippen LogP contribution in [0.1, 0.15) is 5.56 Å². The quantitative estimate of drug-likeness (QED) is 0.530. The Balaban J connectivity index is 1.42. The highest BCUT2D eigenvalue weighted by atomic mass is 16.3. The minimum atomic E-state index is 0.0913. The van der Waals surface area contributed by atoms with Crippen molar-refractivity contribution in [1.82, 2.24) is 0 Å². The first-order valence-electron chi connectivity index (χ1n) is 11.5. The summed E-state index contributed by atoms with van der Waals surface area (Å²) in [5.41, 5.74) is 7.26. The molecule has 5 heterocycles. The van der Waals surface area contributed by atoms with E-state index in [0.29, 0.717) is 33.3 Å². The van der Waals surface area contributed by atoms with Gasteiger partial charge >= 0.3 is 0 Å². The SMILES string of the molecule is Oc1cc(C2=CC3=NC2=CC2=NC(=CC4=NC(=CC5=NC(=C3)C=C5)C=C4)C=C2)c(O)c2ccccc12. The molecule has 0 spiro atoms. The maximum atomic E-state index is 11.2. The summed E-state index contributed by atoms with van der Waals surface area (Å²) in [6.45, 7) is 0. The molecule has 6 nitrogen and oxygen atoms in total. The number of phenolic OH excluding ortho intramolecular Hbond substituents is 2. The topological polar surface area (TPSA) is 89.9 Å². The van der Waals surface area contributed by atoms with Crippen molar-refractivity contribution >= 4 is 39.2 Å². The molecule has 0 unspecified atom stereocenters. The van der Waals surface area contributed by atoms with Crippen molar-refractivity contribution in [2.75, 3.05) is 0 Å². The minimum Gasteiger partial charge on any atom is -0.507 e. The van der Waals surface area contributed by atoms with Gasteiger partial charge in [-0.3, -0.25) is 0 Å². The summed E-state index contributed by atoms with van der Waals surface area (Å²) in [4.78, 5) is 18.9. The number of fused-ring (bicyclic) bond motifs is 5. The van der Waals surface area contributed by atoms with Gasteiger partial charge < -0.3 is 10.2 Å². The van der Waals surface area contributed by atoms with Crippen molar-refractivity contribution in [2.24, 2.45) is 20.0 Å². The van der Waals surface area contributed by atoms with E-state index in [1.807, 2.05) is 79.0 Å². The number of hydrogen-bond donors (Lipinski definition) is 2. The number of aliphatic imine (C=N–C) groups is 4. The zero-order valence-corrected chi connectivity index (χ0v) is 18.9. The van der Waals surface area contributed by atoms with Gasteiger partial charge in [0.15, 0.2) is 0 Å². The number of nitrogens with zero attached hydrogens (tertiary/aromatic N) is 4. The molecule has 0 aliphatic carbocycles. The van der Waals surface area contributed by atoms with Crippen molar-refractivity contribution in [3.8, 4) is 11.5 Å². The third-order valence-electron chi connectivity index (χ3n) is 6.32. The summed E-state index contributed by atoms with van der Waals surface area (Å²) in [5.74, 6) is 0.186. The second-order valence-electron chi connectivity index (χ2n) is 8.78. The van der Waals surface area contributed by atoms with Crippen LogP contribution in [0.2, 0.25) is 0 Å². The van der Waals surface area contributed by atoms with Gasteiger partial charge in [-0.2, -0.15) is 0 Å². The smallest absolute Gasteiger partial charge is 0.131 e. The second-order valence-corrected chi connectivity index (χ2v) is 8.78. The van der Waals surface area contributed by atoms with Gasteiger partial charge in [-0.15, -0.1) is 0 Å². The Bertz CT molecular complexity index is 1780. The van der Waals surface area contributed by atoms with Gasteiger partial charge in [-0.1, -0.05) is 24.3 Å². The molecule has 0 fully saturated rings. The molecule has 2 aromatic carbocycles. The van der Waals surface area contributed by atoms with Crippen LogP contribution in [0, 0.1) is 0 Å².